The maximum absolute atomic E-state index is 11.2. The van der Waals surface area contributed by atoms with Gasteiger partial charge in [-0.3, -0.25) is 4.79 Å². The van der Waals surface area contributed by atoms with E-state index in [0.717, 1.165) is 8.47 Å². The Morgan fingerprint density at radius 2 is 2.06 bits per heavy atom. The van der Waals surface area contributed by atoms with E-state index in [-0.39, 0.29) is 11.4 Å². The standard InChI is InChI=1S/C10H9IN4OS/c11-6-3-5(12)1-2-7(6)17-10-14-8(13)4-9(16)15-10/h1-4H,12H2,(H3,13,14,15,16). The summed E-state index contributed by atoms with van der Waals surface area (Å²) < 4.78 is 0.998. The van der Waals surface area contributed by atoms with Gasteiger partial charge in [-0.25, -0.2) is 4.98 Å². The van der Waals surface area contributed by atoms with E-state index in [1.54, 1.807) is 6.07 Å². The van der Waals surface area contributed by atoms with Crippen LogP contribution in [0.3, 0.4) is 0 Å². The van der Waals surface area contributed by atoms with Crippen LogP contribution in [0.5, 0.6) is 0 Å². The highest BCUT2D eigenvalue weighted by Crippen LogP contribution is 2.29. The lowest BCUT2D eigenvalue weighted by molar-refractivity contribution is 0.945. The van der Waals surface area contributed by atoms with Gasteiger partial charge in [-0.2, -0.15) is 0 Å². The van der Waals surface area contributed by atoms with Gasteiger partial charge in [0.05, 0.1) is 0 Å². The summed E-state index contributed by atoms with van der Waals surface area (Å²) in [5.74, 6) is 0.210. The molecule has 1 aromatic heterocycles. The van der Waals surface area contributed by atoms with Gasteiger partial charge < -0.3 is 16.5 Å². The lowest BCUT2D eigenvalue weighted by Crippen LogP contribution is -2.09. The topological polar surface area (TPSA) is 97.8 Å². The minimum absolute atomic E-state index is 0.210. The molecule has 0 fully saturated rings. The van der Waals surface area contributed by atoms with Gasteiger partial charge in [-0.15, -0.1) is 0 Å². The maximum atomic E-state index is 11.2. The van der Waals surface area contributed by atoms with Crippen molar-refractivity contribution < 1.29 is 0 Å². The van der Waals surface area contributed by atoms with Crippen LogP contribution < -0.4 is 17.0 Å². The second-order valence-corrected chi connectivity index (χ2v) is 5.46. The number of nitrogen functional groups attached to an aromatic ring is 2. The van der Waals surface area contributed by atoms with Crippen LogP contribution in [0, 0.1) is 3.57 Å². The van der Waals surface area contributed by atoms with E-state index >= 15 is 0 Å². The van der Waals surface area contributed by atoms with Crippen molar-refractivity contribution in [3.05, 3.63) is 38.2 Å². The monoisotopic (exact) mass is 360 g/mol. The zero-order valence-corrected chi connectivity index (χ0v) is 11.6. The molecule has 0 aliphatic heterocycles. The smallest absolute Gasteiger partial charge is 0.253 e. The molecule has 0 aliphatic carbocycles. The summed E-state index contributed by atoms with van der Waals surface area (Å²) in [7, 11) is 0. The van der Waals surface area contributed by atoms with Crippen LogP contribution in [0.1, 0.15) is 0 Å². The number of aromatic nitrogens is 2. The third-order valence-corrected chi connectivity index (χ3v) is 4.12. The molecule has 2 aromatic rings. The van der Waals surface area contributed by atoms with E-state index in [9.17, 15) is 4.79 Å². The first-order chi connectivity index (χ1) is 8.04. The number of H-pyrrole nitrogens is 1. The van der Waals surface area contributed by atoms with E-state index in [1.165, 1.54) is 17.8 Å². The quantitative estimate of drug-likeness (QED) is 0.430. The molecule has 1 aromatic carbocycles. The third kappa shape index (κ3) is 3.13. The van der Waals surface area contributed by atoms with Crippen molar-refractivity contribution in [1.82, 2.24) is 9.97 Å². The van der Waals surface area contributed by atoms with Gasteiger partial charge >= 0.3 is 0 Å². The third-order valence-electron chi connectivity index (χ3n) is 1.90. The van der Waals surface area contributed by atoms with Crippen LogP contribution in [0.4, 0.5) is 11.5 Å². The summed E-state index contributed by atoms with van der Waals surface area (Å²) >= 11 is 3.52. The largest absolute Gasteiger partial charge is 0.399 e. The van der Waals surface area contributed by atoms with Gasteiger partial charge in [0.15, 0.2) is 5.16 Å². The van der Waals surface area contributed by atoms with Crippen LogP contribution in [0.2, 0.25) is 0 Å². The van der Waals surface area contributed by atoms with Crippen molar-refractivity contribution in [1.29, 1.82) is 0 Å². The van der Waals surface area contributed by atoms with Crippen molar-refractivity contribution >= 4 is 45.9 Å². The van der Waals surface area contributed by atoms with E-state index in [0.29, 0.717) is 10.8 Å². The highest BCUT2D eigenvalue weighted by molar-refractivity contribution is 14.1. The Hall–Kier alpha value is -1.22. The summed E-state index contributed by atoms with van der Waals surface area (Å²) in [6.45, 7) is 0. The Balaban J connectivity index is 2.34. The van der Waals surface area contributed by atoms with Crippen molar-refractivity contribution in [2.75, 3.05) is 11.5 Å². The van der Waals surface area contributed by atoms with Crippen LogP contribution in [-0.2, 0) is 0 Å². The number of anilines is 2. The fraction of sp³-hybridized carbons (Fsp3) is 0. The van der Waals surface area contributed by atoms with Gasteiger partial charge in [0.2, 0.25) is 0 Å². The normalized spacial score (nSPS) is 10.4. The number of nitrogens with one attached hydrogen (secondary N) is 1. The van der Waals surface area contributed by atoms with Crippen LogP contribution in [0.15, 0.2) is 39.1 Å². The molecular formula is C10H9IN4OS. The summed E-state index contributed by atoms with van der Waals surface area (Å²) in [5.41, 5.74) is 11.6. The predicted molar refractivity (Wildman–Crippen MR) is 77.0 cm³/mol. The van der Waals surface area contributed by atoms with E-state index < -0.39 is 0 Å². The number of aromatic amines is 1. The minimum Gasteiger partial charge on any atom is -0.399 e. The summed E-state index contributed by atoms with van der Waals surface area (Å²) in [4.78, 5) is 18.9. The molecule has 2 rings (SSSR count). The second kappa shape index (κ2) is 4.96. The van der Waals surface area contributed by atoms with Crippen molar-refractivity contribution in [2.24, 2.45) is 0 Å². The molecule has 0 aliphatic rings. The Morgan fingerprint density at radius 1 is 1.29 bits per heavy atom. The molecule has 0 atom stereocenters. The lowest BCUT2D eigenvalue weighted by atomic mass is 10.3. The molecule has 1 heterocycles. The van der Waals surface area contributed by atoms with Crippen LogP contribution in [0.25, 0.3) is 0 Å². The average Bonchev–Trinajstić information content (AvgIpc) is 2.21. The van der Waals surface area contributed by atoms with E-state index in [4.69, 9.17) is 11.5 Å². The zero-order chi connectivity index (χ0) is 12.4. The number of hydrogen-bond donors (Lipinski definition) is 3. The molecule has 5 nitrogen and oxygen atoms in total. The fourth-order valence-electron chi connectivity index (χ4n) is 1.21. The molecular weight excluding hydrogens is 351 g/mol. The Bertz CT molecular complexity index is 613. The van der Waals surface area contributed by atoms with Gasteiger partial charge in [-0.05, 0) is 40.8 Å². The van der Waals surface area contributed by atoms with Crippen molar-refractivity contribution in [2.45, 2.75) is 10.1 Å². The van der Waals surface area contributed by atoms with E-state index in [1.807, 2.05) is 12.1 Å². The highest BCUT2D eigenvalue weighted by Gasteiger charge is 2.05. The molecule has 0 unspecified atom stereocenters. The molecule has 88 valence electrons. The number of nitrogens with zero attached hydrogens (tertiary/aromatic N) is 1. The Labute approximate surface area is 115 Å². The van der Waals surface area contributed by atoms with Gasteiger partial charge in [0.1, 0.15) is 5.82 Å². The first-order valence-corrected chi connectivity index (χ1v) is 6.54. The first kappa shape index (κ1) is 12.2. The molecule has 5 N–H and O–H groups in total. The zero-order valence-electron chi connectivity index (χ0n) is 8.61. The number of hydrogen-bond acceptors (Lipinski definition) is 5. The molecule has 0 amide bonds. The van der Waals surface area contributed by atoms with E-state index in [2.05, 4.69) is 32.6 Å². The fourth-order valence-corrected chi connectivity index (χ4v) is 2.88. The molecule has 0 saturated heterocycles. The molecule has 0 spiro atoms. The molecule has 0 bridgehead atoms. The average molecular weight is 360 g/mol. The Kier molecular flexibility index (Phi) is 3.57. The molecule has 0 saturated carbocycles. The van der Waals surface area contributed by atoms with Crippen LogP contribution in [-0.4, -0.2) is 9.97 Å². The van der Waals surface area contributed by atoms with Gasteiger partial charge in [0, 0.05) is 20.2 Å². The minimum atomic E-state index is -0.259. The second-order valence-electron chi connectivity index (χ2n) is 3.27. The Morgan fingerprint density at radius 3 is 2.71 bits per heavy atom. The van der Waals surface area contributed by atoms with Gasteiger partial charge in [0.25, 0.3) is 5.56 Å². The molecule has 17 heavy (non-hydrogen) atoms. The SMILES string of the molecule is Nc1ccc(Sc2nc(N)cc(=O)[nH]2)c(I)c1. The highest BCUT2D eigenvalue weighted by atomic mass is 127. The van der Waals surface area contributed by atoms with Crippen LogP contribution >= 0.6 is 34.4 Å². The lowest BCUT2D eigenvalue weighted by Gasteiger charge is -2.04. The molecule has 7 heteroatoms. The molecule has 0 radical (unpaired) electrons. The number of halogens is 1. The van der Waals surface area contributed by atoms with Crippen molar-refractivity contribution in [3.63, 3.8) is 0 Å². The number of nitrogens with two attached hydrogens (primary N) is 2. The summed E-state index contributed by atoms with van der Waals surface area (Å²) in [5, 5.41) is 0.470. The predicted octanol–water partition coefficient (Wildman–Crippen LogP) is 1.69. The summed E-state index contributed by atoms with van der Waals surface area (Å²) in [6.07, 6.45) is 0. The maximum Gasteiger partial charge on any atom is 0.253 e. The van der Waals surface area contributed by atoms with Crippen molar-refractivity contribution in [3.8, 4) is 0 Å². The number of rotatable bonds is 2. The summed E-state index contributed by atoms with van der Waals surface area (Å²) in [6, 6.07) is 6.78. The van der Waals surface area contributed by atoms with Gasteiger partial charge in [-0.1, -0.05) is 11.8 Å². The first-order valence-electron chi connectivity index (χ1n) is 4.64. The number of benzene rings is 1.